The highest BCUT2D eigenvalue weighted by atomic mass is 16.2. The molecule has 0 atom stereocenters. The monoisotopic (exact) mass is 288 g/mol. The fourth-order valence-electron chi connectivity index (χ4n) is 2.01. The van der Waals surface area contributed by atoms with Gasteiger partial charge in [-0.15, -0.1) is 0 Å². The summed E-state index contributed by atoms with van der Waals surface area (Å²) in [5.41, 5.74) is 1.76. The maximum absolute atomic E-state index is 11.7. The molecule has 5 heteroatoms. The molecule has 0 unspecified atom stereocenters. The van der Waals surface area contributed by atoms with E-state index in [-0.39, 0.29) is 23.6 Å². The van der Waals surface area contributed by atoms with Crippen molar-refractivity contribution in [3.63, 3.8) is 0 Å². The fourth-order valence-corrected chi connectivity index (χ4v) is 2.01. The zero-order valence-electron chi connectivity index (χ0n) is 12.4. The second-order valence-corrected chi connectivity index (χ2v) is 5.53. The summed E-state index contributed by atoms with van der Waals surface area (Å²) in [4.78, 5) is 35.8. The minimum Gasteiger partial charge on any atom is -0.326 e. The van der Waals surface area contributed by atoms with Gasteiger partial charge in [0.05, 0.1) is 0 Å². The van der Waals surface area contributed by atoms with Crippen LogP contribution in [-0.2, 0) is 20.8 Å². The van der Waals surface area contributed by atoms with Crippen LogP contribution in [0.4, 0.5) is 5.69 Å². The predicted octanol–water partition coefficient (Wildman–Crippen LogP) is 1.97. The molecule has 2 rings (SSSR count). The molecule has 0 aromatic heterocycles. The SMILES string of the molecule is CC(C)C(=O)Nc1ccc(CCC(=O)N2CCC2=O)cc1. The highest BCUT2D eigenvalue weighted by Gasteiger charge is 2.29. The predicted molar refractivity (Wildman–Crippen MR) is 79.6 cm³/mol. The first kappa shape index (κ1) is 15.2. The summed E-state index contributed by atoms with van der Waals surface area (Å²) >= 11 is 0. The molecular weight excluding hydrogens is 268 g/mol. The number of rotatable bonds is 5. The lowest BCUT2D eigenvalue weighted by Crippen LogP contribution is -2.47. The summed E-state index contributed by atoms with van der Waals surface area (Å²) in [5.74, 6) is -0.263. The van der Waals surface area contributed by atoms with Gasteiger partial charge in [0.2, 0.25) is 17.7 Å². The van der Waals surface area contributed by atoms with Crippen molar-refractivity contribution in [2.24, 2.45) is 5.92 Å². The topological polar surface area (TPSA) is 66.5 Å². The standard InChI is InChI=1S/C16H20N2O3/c1-11(2)16(21)17-13-6-3-12(4-7-13)5-8-14(19)18-10-9-15(18)20/h3-4,6-7,11H,5,8-10H2,1-2H3,(H,17,21). The van der Waals surface area contributed by atoms with E-state index in [1.54, 1.807) is 0 Å². The van der Waals surface area contributed by atoms with Gasteiger partial charge in [0, 0.05) is 31.0 Å². The smallest absolute Gasteiger partial charge is 0.230 e. The van der Waals surface area contributed by atoms with Crippen molar-refractivity contribution in [3.05, 3.63) is 29.8 Å². The number of benzene rings is 1. The van der Waals surface area contributed by atoms with Gasteiger partial charge in [-0.2, -0.15) is 0 Å². The van der Waals surface area contributed by atoms with Crippen LogP contribution in [0.3, 0.4) is 0 Å². The zero-order valence-corrected chi connectivity index (χ0v) is 12.4. The van der Waals surface area contributed by atoms with E-state index >= 15 is 0 Å². The maximum Gasteiger partial charge on any atom is 0.230 e. The van der Waals surface area contributed by atoms with Crippen molar-refractivity contribution in [3.8, 4) is 0 Å². The highest BCUT2D eigenvalue weighted by Crippen LogP contribution is 2.15. The van der Waals surface area contributed by atoms with Crippen molar-refractivity contribution in [1.82, 2.24) is 4.90 Å². The minimum atomic E-state index is -0.108. The van der Waals surface area contributed by atoms with Gasteiger partial charge in [-0.05, 0) is 24.1 Å². The number of carbonyl (C=O) groups excluding carboxylic acids is 3. The molecule has 0 spiro atoms. The van der Waals surface area contributed by atoms with Crippen molar-refractivity contribution in [2.45, 2.75) is 33.1 Å². The lowest BCUT2D eigenvalue weighted by Gasteiger charge is -2.28. The molecule has 1 N–H and O–H groups in total. The number of nitrogens with one attached hydrogen (secondary N) is 1. The van der Waals surface area contributed by atoms with Gasteiger partial charge >= 0.3 is 0 Å². The molecule has 3 amide bonds. The third-order valence-corrected chi connectivity index (χ3v) is 3.52. The van der Waals surface area contributed by atoms with Crippen LogP contribution in [0.15, 0.2) is 24.3 Å². The Morgan fingerprint density at radius 2 is 1.90 bits per heavy atom. The van der Waals surface area contributed by atoms with Gasteiger partial charge in [-0.3, -0.25) is 19.3 Å². The Hall–Kier alpha value is -2.17. The van der Waals surface area contributed by atoms with Gasteiger partial charge < -0.3 is 5.32 Å². The molecule has 0 aliphatic carbocycles. The Labute approximate surface area is 124 Å². The van der Waals surface area contributed by atoms with Crippen molar-refractivity contribution < 1.29 is 14.4 Å². The Morgan fingerprint density at radius 1 is 1.24 bits per heavy atom. The Kier molecular flexibility index (Phi) is 4.73. The largest absolute Gasteiger partial charge is 0.326 e. The molecule has 1 aliphatic heterocycles. The number of amides is 3. The fraction of sp³-hybridized carbons (Fsp3) is 0.438. The van der Waals surface area contributed by atoms with E-state index in [0.29, 0.717) is 25.8 Å². The number of hydrogen-bond acceptors (Lipinski definition) is 3. The maximum atomic E-state index is 11.7. The first-order chi connectivity index (χ1) is 9.97. The molecule has 1 aliphatic rings. The van der Waals surface area contributed by atoms with Crippen molar-refractivity contribution in [1.29, 1.82) is 0 Å². The molecule has 5 nitrogen and oxygen atoms in total. The first-order valence-electron chi connectivity index (χ1n) is 7.20. The molecule has 1 saturated heterocycles. The van der Waals surface area contributed by atoms with Crippen molar-refractivity contribution >= 4 is 23.4 Å². The van der Waals surface area contributed by atoms with E-state index in [1.165, 1.54) is 4.90 Å². The molecule has 1 heterocycles. The molecule has 0 saturated carbocycles. The second kappa shape index (κ2) is 6.52. The molecule has 21 heavy (non-hydrogen) atoms. The number of β-lactam (4-membered cyclic amide) rings is 1. The van der Waals surface area contributed by atoms with E-state index < -0.39 is 0 Å². The van der Waals surface area contributed by atoms with Crippen LogP contribution in [0.25, 0.3) is 0 Å². The molecule has 0 bridgehead atoms. The first-order valence-corrected chi connectivity index (χ1v) is 7.20. The number of nitrogens with zero attached hydrogens (tertiary/aromatic N) is 1. The van der Waals surface area contributed by atoms with Crippen LogP contribution in [0.5, 0.6) is 0 Å². The number of anilines is 1. The summed E-state index contributed by atoms with van der Waals surface area (Å²) < 4.78 is 0. The molecule has 1 aromatic rings. The van der Waals surface area contributed by atoms with Crippen molar-refractivity contribution in [2.75, 3.05) is 11.9 Å². The summed E-state index contributed by atoms with van der Waals surface area (Å²) in [6.45, 7) is 4.23. The number of aryl methyl sites for hydroxylation is 1. The Balaban J connectivity index is 1.83. The van der Waals surface area contributed by atoms with Gasteiger partial charge in [-0.1, -0.05) is 26.0 Å². The number of likely N-dealkylation sites (tertiary alicyclic amines) is 1. The Morgan fingerprint density at radius 3 is 2.38 bits per heavy atom. The summed E-state index contributed by atoms with van der Waals surface area (Å²) in [6, 6.07) is 7.44. The zero-order chi connectivity index (χ0) is 15.4. The average Bonchev–Trinajstić information content (AvgIpc) is 2.44. The van der Waals surface area contributed by atoms with Crippen LogP contribution < -0.4 is 5.32 Å². The number of hydrogen-bond donors (Lipinski definition) is 1. The number of imide groups is 1. The summed E-state index contributed by atoms with van der Waals surface area (Å²) in [7, 11) is 0. The summed E-state index contributed by atoms with van der Waals surface area (Å²) in [6.07, 6.45) is 1.42. The van der Waals surface area contributed by atoms with Crippen LogP contribution in [0, 0.1) is 5.92 Å². The van der Waals surface area contributed by atoms with E-state index in [2.05, 4.69) is 5.32 Å². The van der Waals surface area contributed by atoms with E-state index in [1.807, 2.05) is 38.1 Å². The van der Waals surface area contributed by atoms with Crippen LogP contribution >= 0.6 is 0 Å². The molecular formula is C16H20N2O3. The van der Waals surface area contributed by atoms with E-state index in [4.69, 9.17) is 0 Å². The lowest BCUT2D eigenvalue weighted by molar-refractivity contribution is -0.152. The van der Waals surface area contributed by atoms with E-state index in [9.17, 15) is 14.4 Å². The third-order valence-electron chi connectivity index (χ3n) is 3.52. The summed E-state index contributed by atoms with van der Waals surface area (Å²) in [5, 5.41) is 2.82. The quantitative estimate of drug-likeness (QED) is 0.842. The molecule has 1 aromatic carbocycles. The van der Waals surface area contributed by atoms with Crippen LogP contribution in [-0.4, -0.2) is 29.2 Å². The third kappa shape index (κ3) is 3.90. The van der Waals surface area contributed by atoms with Gasteiger partial charge in [0.15, 0.2) is 0 Å². The van der Waals surface area contributed by atoms with Gasteiger partial charge in [-0.25, -0.2) is 0 Å². The highest BCUT2D eigenvalue weighted by molar-refractivity contribution is 5.99. The number of carbonyl (C=O) groups is 3. The van der Waals surface area contributed by atoms with Gasteiger partial charge in [0.1, 0.15) is 0 Å². The second-order valence-electron chi connectivity index (χ2n) is 5.53. The normalized spacial score (nSPS) is 14.0. The van der Waals surface area contributed by atoms with Crippen LogP contribution in [0.2, 0.25) is 0 Å². The average molecular weight is 288 g/mol. The minimum absolute atomic E-state index is 0.0192. The molecule has 0 radical (unpaired) electrons. The molecule has 112 valence electrons. The van der Waals surface area contributed by atoms with Gasteiger partial charge in [0.25, 0.3) is 0 Å². The Bertz CT molecular complexity index is 549. The molecule has 1 fully saturated rings. The van der Waals surface area contributed by atoms with Crippen LogP contribution in [0.1, 0.15) is 32.3 Å². The van der Waals surface area contributed by atoms with E-state index in [0.717, 1.165) is 11.3 Å². The lowest BCUT2D eigenvalue weighted by atomic mass is 10.1.